The molecule has 0 aromatic heterocycles. The molecule has 9 heteroatoms. The third-order valence-electron chi connectivity index (χ3n) is 7.15. The lowest BCUT2D eigenvalue weighted by Gasteiger charge is -2.34. The first-order chi connectivity index (χ1) is 19.5. The molecule has 0 bridgehead atoms. The number of rotatable bonds is 13. The molecule has 8 nitrogen and oxygen atoms in total. The van der Waals surface area contributed by atoms with Crippen LogP contribution in [0.3, 0.4) is 0 Å². The summed E-state index contributed by atoms with van der Waals surface area (Å²) in [4.78, 5) is 29.2. The molecule has 1 N–H and O–H groups in total. The zero-order valence-corrected chi connectivity index (χ0v) is 25.6. The van der Waals surface area contributed by atoms with Gasteiger partial charge in [-0.1, -0.05) is 61.9 Å². The first-order valence-corrected chi connectivity index (χ1v) is 15.3. The van der Waals surface area contributed by atoms with E-state index in [1.165, 1.54) is 4.90 Å². The van der Waals surface area contributed by atoms with Crippen LogP contribution >= 0.6 is 0 Å². The Bertz CT molecular complexity index is 1440. The van der Waals surface area contributed by atoms with Crippen molar-refractivity contribution in [3.63, 3.8) is 0 Å². The summed E-state index contributed by atoms with van der Waals surface area (Å²) in [5.74, 6) is -0.143. The Morgan fingerprint density at radius 3 is 2.22 bits per heavy atom. The normalized spacial score (nSPS) is 12.7. The maximum atomic E-state index is 14.2. The molecule has 0 fully saturated rings. The van der Waals surface area contributed by atoms with Gasteiger partial charge >= 0.3 is 0 Å². The van der Waals surface area contributed by atoms with Gasteiger partial charge < -0.3 is 15.0 Å². The van der Waals surface area contributed by atoms with Gasteiger partial charge in [0.1, 0.15) is 18.3 Å². The Labute approximate surface area is 244 Å². The van der Waals surface area contributed by atoms with Crippen molar-refractivity contribution in [2.75, 3.05) is 18.0 Å². The van der Waals surface area contributed by atoms with Crippen LogP contribution in [0.1, 0.15) is 50.3 Å². The van der Waals surface area contributed by atoms with Gasteiger partial charge in [0.05, 0.1) is 17.7 Å². The first-order valence-electron chi connectivity index (χ1n) is 13.9. The Morgan fingerprint density at radius 1 is 0.927 bits per heavy atom. The van der Waals surface area contributed by atoms with Gasteiger partial charge in [0.2, 0.25) is 11.8 Å². The van der Waals surface area contributed by atoms with Crippen molar-refractivity contribution in [2.45, 2.75) is 71.0 Å². The van der Waals surface area contributed by atoms with Gasteiger partial charge in [-0.25, -0.2) is 8.42 Å². The molecule has 0 aliphatic rings. The van der Waals surface area contributed by atoms with E-state index in [4.69, 9.17) is 4.74 Å². The SMILES string of the molecule is CC[C@H](C)NC(=O)[C@H](CC)N(Cc1cccc(OC)c1)C(=O)CN(c1ccccc1C)S(=O)(=O)c1ccc(C)cc1. The zero-order chi connectivity index (χ0) is 30.2. The van der Waals surface area contributed by atoms with Crippen LogP contribution in [-0.2, 0) is 26.2 Å². The van der Waals surface area contributed by atoms with Crippen LogP contribution in [-0.4, -0.2) is 50.9 Å². The second-order valence-electron chi connectivity index (χ2n) is 10.2. The Hall–Kier alpha value is -3.85. The summed E-state index contributed by atoms with van der Waals surface area (Å²) < 4.78 is 34.5. The molecule has 2 amide bonds. The van der Waals surface area contributed by atoms with Crippen molar-refractivity contribution in [2.24, 2.45) is 0 Å². The number of para-hydroxylation sites is 1. The van der Waals surface area contributed by atoms with Gasteiger partial charge in [0.15, 0.2) is 0 Å². The number of carbonyl (C=O) groups is 2. The van der Waals surface area contributed by atoms with E-state index in [0.29, 0.717) is 23.4 Å². The minimum Gasteiger partial charge on any atom is -0.497 e. The fraction of sp³-hybridized carbons (Fsp3) is 0.375. The molecule has 0 saturated heterocycles. The number of carbonyl (C=O) groups excluding carboxylic acids is 2. The number of benzene rings is 3. The van der Waals surface area contributed by atoms with E-state index in [1.807, 2.05) is 52.0 Å². The quantitative estimate of drug-likeness (QED) is 0.299. The zero-order valence-electron chi connectivity index (χ0n) is 24.8. The second-order valence-corrected chi connectivity index (χ2v) is 12.1. The van der Waals surface area contributed by atoms with Crippen molar-refractivity contribution in [3.8, 4) is 5.75 Å². The number of aryl methyl sites for hydroxylation is 2. The second kappa shape index (κ2) is 14.2. The number of methoxy groups -OCH3 is 1. The van der Waals surface area contributed by atoms with Crippen molar-refractivity contribution in [1.29, 1.82) is 0 Å². The standard InChI is InChI=1S/C32H41N3O5S/c1-7-25(5)33-32(37)29(8-2)34(21-26-13-11-14-27(20-26)40-6)31(36)22-35(30-15-10-9-12-24(30)4)41(38,39)28-18-16-23(3)17-19-28/h9-20,25,29H,7-8,21-22H2,1-6H3,(H,33,37)/t25-,29-/m0/s1. The predicted molar refractivity (Wildman–Crippen MR) is 162 cm³/mol. The molecule has 3 aromatic rings. The highest BCUT2D eigenvalue weighted by atomic mass is 32.2. The molecule has 2 atom stereocenters. The van der Waals surface area contributed by atoms with E-state index in [0.717, 1.165) is 21.9 Å². The summed E-state index contributed by atoms with van der Waals surface area (Å²) in [5.41, 5.74) is 2.79. The summed E-state index contributed by atoms with van der Waals surface area (Å²) >= 11 is 0. The van der Waals surface area contributed by atoms with E-state index < -0.39 is 28.5 Å². The number of sulfonamides is 1. The molecule has 0 unspecified atom stereocenters. The molecule has 0 radical (unpaired) electrons. The molecule has 41 heavy (non-hydrogen) atoms. The summed E-state index contributed by atoms with van der Waals surface area (Å²) in [5, 5.41) is 2.99. The van der Waals surface area contributed by atoms with E-state index in [9.17, 15) is 18.0 Å². The molecular weight excluding hydrogens is 538 g/mol. The maximum Gasteiger partial charge on any atom is 0.264 e. The number of hydrogen-bond acceptors (Lipinski definition) is 5. The summed E-state index contributed by atoms with van der Waals surface area (Å²) in [6, 6.07) is 20.0. The van der Waals surface area contributed by atoms with Gasteiger partial charge in [0, 0.05) is 12.6 Å². The summed E-state index contributed by atoms with van der Waals surface area (Å²) in [7, 11) is -2.55. The Balaban J connectivity index is 2.08. The molecular formula is C32H41N3O5S. The van der Waals surface area contributed by atoms with E-state index in [1.54, 1.807) is 62.6 Å². The van der Waals surface area contributed by atoms with Crippen molar-refractivity contribution in [3.05, 3.63) is 89.5 Å². The van der Waals surface area contributed by atoms with E-state index >= 15 is 0 Å². The molecule has 0 aliphatic heterocycles. The van der Waals surface area contributed by atoms with Gasteiger partial charge in [-0.2, -0.15) is 0 Å². The number of hydrogen-bond donors (Lipinski definition) is 1. The molecule has 220 valence electrons. The fourth-order valence-electron chi connectivity index (χ4n) is 4.52. The molecule has 3 aromatic carbocycles. The van der Waals surface area contributed by atoms with Crippen LogP contribution in [0.15, 0.2) is 77.7 Å². The van der Waals surface area contributed by atoms with Crippen molar-refractivity contribution < 1.29 is 22.7 Å². The van der Waals surface area contributed by atoms with Crippen LogP contribution in [0, 0.1) is 13.8 Å². The van der Waals surface area contributed by atoms with E-state index in [2.05, 4.69) is 5.32 Å². The third-order valence-corrected chi connectivity index (χ3v) is 8.92. The fourth-order valence-corrected chi connectivity index (χ4v) is 6.00. The van der Waals surface area contributed by atoms with Crippen LogP contribution in [0.2, 0.25) is 0 Å². The van der Waals surface area contributed by atoms with Crippen LogP contribution in [0.4, 0.5) is 5.69 Å². The number of nitrogens with one attached hydrogen (secondary N) is 1. The highest BCUT2D eigenvalue weighted by Gasteiger charge is 2.34. The smallest absolute Gasteiger partial charge is 0.264 e. The van der Waals surface area contributed by atoms with Gasteiger partial charge in [-0.3, -0.25) is 13.9 Å². The number of anilines is 1. The van der Waals surface area contributed by atoms with Crippen LogP contribution in [0.5, 0.6) is 5.75 Å². The predicted octanol–water partition coefficient (Wildman–Crippen LogP) is 5.23. The molecule has 3 rings (SSSR count). The lowest BCUT2D eigenvalue weighted by Crippen LogP contribution is -2.53. The number of nitrogens with zero attached hydrogens (tertiary/aromatic N) is 2. The third kappa shape index (κ3) is 7.88. The minimum atomic E-state index is -4.12. The summed E-state index contributed by atoms with van der Waals surface area (Å²) in [6.45, 7) is 9.04. The van der Waals surface area contributed by atoms with E-state index in [-0.39, 0.29) is 23.4 Å². The van der Waals surface area contributed by atoms with Crippen LogP contribution in [0.25, 0.3) is 0 Å². The van der Waals surface area contributed by atoms with Crippen molar-refractivity contribution >= 4 is 27.5 Å². The number of ether oxygens (including phenoxy) is 1. The van der Waals surface area contributed by atoms with Gasteiger partial charge in [-0.05, 0) is 75.1 Å². The largest absolute Gasteiger partial charge is 0.497 e. The lowest BCUT2D eigenvalue weighted by molar-refractivity contribution is -0.140. The highest BCUT2D eigenvalue weighted by Crippen LogP contribution is 2.28. The number of amides is 2. The monoisotopic (exact) mass is 579 g/mol. The molecule has 0 saturated carbocycles. The Morgan fingerprint density at radius 2 is 1.61 bits per heavy atom. The highest BCUT2D eigenvalue weighted by molar-refractivity contribution is 7.92. The Kier molecular flexibility index (Phi) is 10.9. The lowest BCUT2D eigenvalue weighted by atomic mass is 10.1. The van der Waals surface area contributed by atoms with Gasteiger partial charge in [-0.15, -0.1) is 0 Å². The molecule has 0 aliphatic carbocycles. The molecule has 0 spiro atoms. The molecule has 0 heterocycles. The first kappa shape index (κ1) is 31.7. The maximum absolute atomic E-state index is 14.2. The average Bonchev–Trinajstić information content (AvgIpc) is 2.96. The van der Waals surface area contributed by atoms with Crippen molar-refractivity contribution in [1.82, 2.24) is 10.2 Å². The van der Waals surface area contributed by atoms with Crippen LogP contribution < -0.4 is 14.4 Å². The average molecular weight is 580 g/mol. The topological polar surface area (TPSA) is 96.0 Å². The van der Waals surface area contributed by atoms with Gasteiger partial charge in [0.25, 0.3) is 10.0 Å². The minimum absolute atomic E-state index is 0.0734. The summed E-state index contributed by atoms with van der Waals surface area (Å²) in [6.07, 6.45) is 1.09.